The highest BCUT2D eigenvalue weighted by Crippen LogP contribution is 2.43. The molecule has 35 atom stereocenters. The summed E-state index contributed by atoms with van der Waals surface area (Å²) in [6.45, 7) is -0.339. The van der Waals surface area contributed by atoms with E-state index in [4.69, 9.17) is 167 Å². The zero-order valence-electron chi connectivity index (χ0n) is 60.0. The molecule has 0 unspecified atom stereocenters. The van der Waals surface area contributed by atoms with Gasteiger partial charge in [0.1, 0.15) is 171 Å². The van der Waals surface area contributed by atoms with Gasteiger partial charge < -0.3 is 167 Å². The highest BCUT2D eigenvalue weighted by Gasteiger charge is 2.62. The normalized spacial score (nSPS) is 45.9. The SMILES string of the molecule is COC[C@@H]1O[C@H]2O[C@H]3[C@H](OC)[C@@H](OC)[C@@H](O[C@H]4[C@H](OC)[C@@H](OC)[C@@H](O[C@H]5[C@H](OC)[C@@H](OC)[C@@H](O[C@H]6[C@H](OC)[C@@H](OC)[C@@H](O[C@H]7[C@H](OC)[C@@H](OC)[C@@H](O[C@@H]8[C@@H](OC)[C@H](OC)[C@@H](O[C@@H]1[C@@H](OC)[C@@H]2OC)O[C@H]8COC)O[C@@H]7COC)O[C@@H]6COC)O[C@@H]5CN)O[C@@H]4COC)O[C@@H]3COC.Cl. The van der Waals surface area contributed by atoms with Gasteiger partial charge in [0.05, 0.1) is 39.6 Å². The van der Waals surface area contributed by atoms with Gasteiger partial charge >= 0.3 is 0 Å². The number of methoxy groups -OCH3 is 20. The molecule has 0 saturated carbocycles. The maximum Gasteiger partial charge on any atom is 0.187 e. The largest absolute Gasteiger partial charge is 0.382 e. The molecule has 0 aliphatic carbocycles. The van der Waals surface area contributed by atoms with Crippen LogP contribution in [0.25, 0.3) is 0 Å². The summed E-state index contributed by atoms with van der Waals surface area (Å²) >= 11 is 0. The summed E-state index contributed by atoms with van der Waals surface area (Å²) in [5.74, 6) is 0. The summed E-state index contributed by atoms with van der Waals surface area (Å²) in [6.07, 6.45) is -35.9. The number of ether oxygens (including phenoxy) is 34. The first-order valence-electron chi connectivity index (χ1n) is 32.4. The lowest BCUT2D eigenvalue weighted by Crippen LogP contribution is -2.69. The highest BCUT2D eigenvalue weighted by molar-refractivity contribution is 5.85. The maximum atomic E-state index is 7.02. The minimum atomic E-state index is -1.22. The van der Waals surface area contributed by atoms with Crippen LogP contribution in [0.2, 0.25) is 0 Å². The van der Waals surface area contributed by atoms with Gasteiger partial charge in [-0.3, -0.25) is 0 Å². The molecule has 0 aromatic carbocycles. The molecule has 0 radical (unpaired) electrons. The summed E-state index contributed by atoms with van der Waals surface area (Å²) in [6, 6.07) is 0. The highest BCUT2D eigenvalue weighted by atomic mass is 35.5. The molecule has 0 aromatic heterocycles. The van der Waals surface area contributed by atoms with Gasteiger partial charge in [-0.2, -0.15) is 0 Å². The third-order valence-electron chi connectivity index (χ3n) is 19.2. The Kier molecular flexibility index (Phi) is 35.3. The molecular formula is C62H112ClNO34. The summed E-state index contributed by atoms with van der Waals surface area (Å²) < 4.78 is 220. The third kappa shape index (κ3) is 18.1. The number of nitrogens with two attached hydrogens (primary N) is 1. The Labute approximate surface area is 580 Å². The van der Waals surface area contributed by atoms with Gasteiger partial charge in [0.15, 0.2) is 44.0 Å². The lowest BCUT2D eigenvalue weighted by molar-refractivity contribution is -0.402. The Hall–Kier alpha value is -1.11. The molecule has 14 bridgehead atoms. The predicted octanol–water partition coefficient (Wildman–Crippen LogP) is -1.76. The standard InChI is InChI=1S/C62H111NO34.ClH/c1-64-22-29-36-43(71-8)51(79-16)58(86-29)94-38-31(24-66-3)88-60(53(81-18)45(38)73-10)96-40-33(26-68-5)90-62(55(83-20)47(40)75-12)97-41-34(27-69-6)89-61(54(82-19)48(41)76-13)95-39-32(25-67-4)87-59(52(80-17)46(39)74-11)93-37-30(23-65-2)85-57(50(78-15)44(37)72-9)91-35-28(21-63)84-56(92-36)49(77-14)42(35)70-7;/h28-62H,21-27,63H2,1-20H3;1H/t28-,29-,30-,31-,32-,33+,34+,35-,36-,37-,38-,39-,40+,41+,42+,43+,44+,45+,46+,47-,48-,49-,50-,51-,52-,53-,54+,55+,56-,57-,58-,59-,60-,61+,62-;/m1./s1. The smallest absolute Gasteiger partial charge is 0.187 e. The van der Waals surface area contributed by atoms with Crippen molar-refractivity contribution in [1.29, 1.82) is 0 Å². The van der Waals surface area contributed by atoms with E-state index in [1.165, 1.54) is 142 Å². The van der Waals surface area contributed by atoms with Crippen LogP contribution in [0.1, 0.15) is 0 Å². The van der Waals surface area contributed by atoms with E-state index in [1.54, 1.807) is 0 Å². The summed E-state index contributed by atoms with van der Waals surface area (Å²) in [7, 11) is 30.1. The molecule has 0 spiro atoms. The first-order chi connectivity index (χ1) is 47.2. The van der Waals surface area contributed by atoms with Crippen molar-refractivity contribution < 1.29 is 161 Å². The molecule has 21 saturated heterocycles. The van der Waals surface area contributed by atoms with E-state index < -0.39 is 215 Å². The van der Waals surface area contributed by atoms with E-state index in [2.05, 4.69) is 0 Å². The summed E-state index contributed by atoms with van der Waals surface area (Å²) in [4.78, 5) is 0. The third-order valence-corrected chi connectivity index (χ3v) is 19.2. The quantitative estimate of drug-likeness (QED) is 0.0952. The van der Waals surface area contributed by atoms with Gasteiger partial charge in [0.25, 0.3) is 0 Å². The monoisotopic (exact) mass is 1450 g/mol. The fourth-order valence-electron chi connectivity index (χ4n) is 14.7. The molecule has 0 amide bonds. The van der Waals surface area contributed by atoms with Crippen LogP contribution in [0.15, 0.2) is 0 Å². The van der Waals surface area contributed by atoms with Crippen molar-refractivity contribution in [3.8, 4) is 0 Å². The average Bonchev–Trinajstić information content (AvgIpc) is 0.769. The van der Waals surface area contributed by atoms with Gasteiger partial charge in [-0.1, -0.05) is 0 Å². The Balaban J connectivity index is 0.0000135. The van der Waals surface area contributed by atoms with Crippen LogP contribution >= 0.6 is 12.4 Å². The molecule has 21 fully saturated rings. The van der Waals surface area contributed by atoms with Crippen LogP contribution in [-0.2, 0) is 161 Å². The Morgan fingerprint density at radius 1 is 0.184 bits per heavy atom. The van der Waals surface area contributed by atoms with Crippen LogP contribution in [0.4, 0.5) is 0 Å². The van der Waals surface area contributed by atoms with Crippen LogP contribution < -0.4 is 5.73 Å². The van der Waals surface area contributed by atoms with Gasteiger partial charge in [0, 0.05) is 149 Å². The number of halogens is 1. The maximum absolute atomic E-state index is 7.02. The fourth-order valence-corrected chi connectivity index (χ4v) is 14.7. The topological polar surface area (TPSA) is 340 Å². The molecule has 576 valence electrons. The summed E-state index contributed by atoms with van der Waals surface area (Å²) in [5.41, 5.74) is 6.62. The van der Waals surface area contributed by atoms with Gasteiger partial charge in [0.2, 0.25) is 0 Å². The van der Waals surface area contributed by atoms with Crippen molar-refractivity contribution in [2.24, 2.45) is 5.73 Å². The van der Waals surface area contributed by atoms with E-state index in [9.17, 15) is 0 Å². The first kappa shape index (κ1) is 84.2. The zero-order valence-corrected chi connectivity index (χ0v) is 60.8. The molecule has 98 heavy (non-hydrogen) atoms. The molecule has 35 nitrogen and oxygen atoms in total. The number of rotatable bonds is 27. The zero-order chi connectivity index (χ0) is 70.2. The van der Waals surface area contributed by atoms with E-state index in [0.29, 0.717) is 0 Å². The molecule has 21 aliphatic heterocycles. The number of hydrogen-bond donors (Lipinski definition) is 1. The molecular weight excluding hydrogens is 1340 g/mol. The van der Waals surface area contributed by atoms with Crippen molar-refractivity contribution in [3.63, 3.8) is 0 Å². The van der Waals surface area contributed by atoms with Gasteiger partial charge in [-0.05, 0) is 0 Å². The Bertz CT molecular complexity index is 2190. The molecule has 0 aromatic rings. The van der Waals surface area contributed by atoms with Gasteiger partial charge in [-0.25, -0.2) is 0 Å². The van der Waals surface area contributed by atoms with E-state index in [1.807, 2.05) is 0 Å². The van der Waals surface area contributed by atoms with Crippen molar-refractivity contribution in [2.75, 3.05) is 188 Å². The number of hydrogen-bond acceptors (Lipinski definition) is 35. The van der Waals surface area contributed by atoms with E-state index in [-0.39, 0.29) is 58.6 Å². The first-order valence-corrected chi connectivity index (χ1v) is 32.4. The minimum absolute atomic E-state index is 0. The van der Waals surface area contributed by atoms with Crippen molar-refractivity contribution in [1.82, 2.24) is 0 Å². The van der Waals surface area contributed by atoms with Crippen LogP contribution in [0.3, 0.4) is 0 Å². The van der Waals surface area contributed by atoms with Crippen LogP contribution in [-0.4, -0.2) is 403 Å². The van der Waals surface area contributed by atoms with Gasteiger partial charge in [-0.15, -0.1) is 12.4 Å². The van der Waals surface area contributed by atoms with Crippen LogP contribution in [0, 0.1) is 0 Å². The second kappa shape index (κ2) is 41.1. The van der Waals surface area contributed by atoms with Crippen molar-refractivity contribution in [2.45, 2.75) is 215 Å². The lowest BCUT2D eigenvalue weighted by atomic mass is 9.94. The molecule has 21 aliphatic rings. The van der Waals surface area contributed by atoms with E-state index in [0.717, 1.165) is 0 Å². The molecule has 21 rings (SSSR count). The summed E-state index contributed by atoms with van der Waals surface area (Å²) in [5, 5.41) is 0. The second-order valence-corrected chi connectivity index (χ2v) is 24.3. The predicted molar refractivity (Wildman–Crippen MR) is 333 cm³/mol. The minimum Gasteiger partial charge on any atom is -0.382 e. The second-order valence-electron chi connectivity index (χ2n) is 24.3. The molecule has 2 N–H and O–H groups in total. The molecule has 21 heterocycles. The fraction of sp³-hybridized carbons (Fsp3) is 1.00. The Morgan fingerprint density at radius 3 is 0.418 bits per heavy atom. The van der Waals surface area contributed by atoms with Crippen molar-refractivity contribution >= 4 is 12.4 Å². The molecule has 36 heteroatoms. The van der Waals surface area contributed by atoms with E-state index >= 15 is 0 Å². The van der Waals surface area contributed by atoms with Crippen molar-refractivity contribution in [3.05, 3.63) is 0 Å². The van der Waals surface area contributed by atoms with Crippen LogP contribution in [0.5, 0.6) is 0 Å². The average molecular weight is 1450 g/mol. The lowest BCUT2D eigenvalue weighted by Gasteiger charge is -2.52. The Morgan fingerprint density at radius 2 is 0.306 bits per heavy atom.